The van der Waals surface area contributed by atoms with Crippen molar-refractivity contribution in [2.24, 2.45) is 5.92 Å². The number of ether oxygens (including phenoxy) is 3. The fraction of sp³-hybridized carbons (Fsp3) is 0.942. The molecule has 344 valence electrons. The summed E-state index contributed by atoms with van der Waals surface area (Å²) in [5.41, 5.74) is 0. The van der Waals surface area contributed by atoms with E-state index in [0.29, 0.717) is 19.3 Å². The quantitative estimate of drug-likeness (QED) is 0.0346. The lowest BCUT2D eigenvalue weighted by Crippen LogP contribution is -2.30. The van der Waals surface area contributed by atoms with E-state index in [-0.39, 0.29) is 31.1 Å². The van der Waals surface area contributed by atoms with Crippen LogP contribution in [0.2, 0.25) is 0 Å². The van der Waals surface area contributed by atoms with E-state index in [1.54, 1.807) is 0 Å². The van der Waals surface area contributed by atoms with Gasteiger partial charge in [-0.2, -0.15) is 0 Å². The first-order valence-corrected chi connectivity index (χ1v) is 25.9. The predicted octanol–water partition coefficient (Wildman–Crippen LogP) is 16.7. The van der Waals surface area contributed by atoms with Crippen LogP contribution in [0.25, 0.3) is 0 Å². The molecule has 0 aromatic rings. The Morgan fingerprint density at radius 1 is 0.345 bits per heavy atom. The highest BCUT2D eigenvalue weighted by Crippen LogP contribution is 2.18. The van der Waals surface area contributed by atoms with E-state index in [1.165, 1.54) is 186 Å². The first-order valence-electron chi connectivity index (χ1n) is 25.9. The zero-order valence-electron chi connectivity index (χ0n) is 39.5. The zero-order chi connectivity index (χ0) is 42.4. The average Bonchev–Trinajstić information content (AvgIpc) is 3.22. The summed E-state index contributed by atoms with van der Waals surface area (Å²) in [6.45, 7) is 9.03. The number of carbonyl (C=O) groups is 3. The molecule has 0 spiro atoms. The van der Waals surface area contributed by atoms with Gasteiger partial charge in [0.1, 0.15) is 13.2 Å². The van der Waals surface area contributed by atoms with Gasteiger partial charge < -0.3 is 14.2 Å². The fourth-order valence-corrected chi connectivity index (χ4v) is 7.83. The number of esters is 3. The lowest BCUT2D eigenvalue weighted by atomic mass is 9.99. The highest BCUT2D eigenvalue weighted by molar-refractivity contribution is 5.71. The van der Waals surface area contributed by atoms with Gasteiger partial charge in [0.15, 0.2) is 6.10 Å². The maximum Gasteiger partial charge on any atom is 0.306 e. The lowest BCUT2D eigenvalue weighted by Gasteiger charge is -2.18. The number of carbonyl (C=O) groups excluding carboxylic acids is 3. The minimum Gasteiger partial charge on any atom is -0.462 e. The Balaban J connectivity index is 4.26. The normalized spacial score (nSPS) is 12.4. The van der Waals surface area contributed by atoms with Crippen LogP contribution < -0.4 is 0 Å². The summed E-state index contributed by atoms with van der Waals surface area (Å²) in [5, 5.41) is 0. The van der Waals surface area contributed by atoms with Crippen LogP contribution >= 0.6 is 0 Å². The van der Waals surface area contributed by atoms with Crippen LogP contribution in [0, 0.1) is 5.92 Å². The molecule has 0 aromatic carbocycles. The van der Waals surface area contributed by atoms with E-state index in [9.17, 15) is 14.4 Å². The van der Waals surface area contributed by atoms with Gasteiger partial charge in [-0.15, -0.1) is 0 Å². The molecule has 0 fully saturated rings. The van der Waals surface area contributed by atoms with E-state index in [2.05, 4.69) is 27.7 Å². The van der Waals surface area contributed by atoms with Gasteiger partial charge in [-0.05, 0) is 25.2 Å². The van der Waals surface area contributed by atoms with Crippen LogP contribution in [0.15, 0.2) is 0 Å². The lowest BCUT2D eigenvalue weighted by molar-refractivity contribution is -0.167. The monoisotopic (exact) mass is 821 g/mol. The van der Waals surface area contributed by atoms with Gasteiger partial charge in [-0.25, -0.2) is 0 Å². The Hall–Kier alpha value is -1.59. The average molecular weight is 821 g/mol. The van der Waals surface area contributed by atoms with Gasteiger partial charge in [-0.1, -0.05) is 252 Å². The Labute approximate surface area is 361 Å². The third-order valence-corrected chi connectivity index (χ3v) is 12.2. The summed E-state index contributed by atoms with van der Waals surface area (Å²) >= 11 is 0. The van der Waals surface area contributed by atoms with Crippen molar-refractivity contribution in [1.82, 2.24) is 0 Å². The van der Waals surface area contributed by atoms with Crippen molar-refractivity contribution in [3.05, 3.63) is 0 Å². The van der Waals surface area contributed by atoms with Crippen molar-refractivity contribution >= 4 is 17.9 Å². The smallest absolute Gasteiger partial charge is 0.306 e. The molecule has 0 radical (unpaired) electrons. The molecule has 0 heterocycles. The molecular weight excluding hydrogens is 721 g/mol. The van der Waals surface area contributed by atoms with E-state index in [4.69, 9.17) is 14.2 Å². The summed E-state index contributed by atoms with van der Waals surface area (Å²) in [4.78, 5) is 37.9. The molecule has 0 amide bonds. The summed E-state index contributed by atoms with van der Waals surface area (Å²) < 4.78 is 16.8. The topological polar surface area (TPSA) is 78.9 Å². The second-order valence-corrected chi connectivity index (χ2v) is 18.1. The van der Waals surface area contributed by atoms with Crippen molar-refractivity contribution in [1.29, 1.82) is 0 Å². The molecular formula is C52H100O6. The Bertz CT molecular complexity index is 874. The van der Waals surface area contributed by atoms with Crippen LogP contribution in [0.4, 0.5) is 0 Å². The second-order valence-electron chi connectivity index (χ2n) is 18.1. The standard InChI is InChI=1S/C52H100O6/c1-5-8-10-12-14-16-17-18-19-20-21-22-23-28-32-36-40-44-51(54)57-47-49(46-56-50(53)43-39-35-31-26-15-13-11-9-6-2)58-52(55)45-41-37-33-29-25-24-27-30-34-38-42-48(4)7-3/h48-49H,5-47H2,1-4H3/t48?,49-/m1/s1. The summed E-state index contributed by atoms with van der Waals surface area (Å²) in [7, 11) is 0. The maximum atomic E-state index is 12.8. The largest absolute Gasteiger partial charge is 0.462 e. The summed E-state index contributed by atoms with van der Waals surface area (Å²) in [6.07, 6.45) is 48.0. The molecule has 0 N–H and O–H groups in total. The minimum absolute atomic E-state index is 0.0630. The molecule has 2 atom stereocenters. The number of hydrogen-bond donors (Lipinski definition) is 0. The van der Waals surface area contributed by atoms with Crippen LogP contribution in [0.5, 0.6) is 0 Å². The molecule has 0 bridgehead atoms. The van der Waals surface area contributed by atoms with Gasteiger partial charge in [0.2, 0.25) is 0 Å². The van der Waals surface area contributed by atoms with E-state index >= 15 is 0 Å². The van der Waals surface area contributed by atoms with Crippen LogP contribution in [0.1, 0.15) is 291 Å². The molecule has 0 aliphatic heterocycles. The summed E-state index contributed by atoms with van der Waals surface area (Å²) in [5.74, 6) is 0.0197. The molecule has 0 aromatic heterocycles. The van der Waals surface area contributed by atoms with Crippen molar-refractivity contribution in [3.63, 3.8) is 0 Å². The van der Waals surface area contributed by atoms with E-state index < -0.39 is 6.10 Å². The van der Waals surface area contributed by atoms with Crippen molar-refractivity contribution in [2.75, 3.05) is 13.2 Å². The van der Waals surface area contributed by atoms with Crippen LogP contribution in [0.3, 0.4) is 0 Å². The van der Waals surface area contributed by atoms with Gasteiger partial charge >= 0.3 is 17.9 Å². The van der Waals surface area contributed by atoms with Crippen LogP contribution in [-0.2, 0) is 28.6 Å². The third-order valence-electron chi connectivity index (χ3n) is 12.2. The van der Waals surface area contributed by atoms with Gasteiger partial charge in [0.05, 0.1) is 0 Å². The van der Waals surface area contributed by atoms with Gasteiger partial charge in [-0.3, -0.25) is 14.4 Å². The SMILES string of the molecule is CCCCCCCCCCCCCCCCCCCC(=O)OC[C@@H](COC(=O)CCCCCCCCCCC)OC(=O)CCCCCCCCCCCCC(C)CC. The second kappa shape index (κ2) is 46.5. The first-order chi connectivity index (χ1) is 28.4. The van der Waals surface area contributed by atoms with Crippen LogP contribution in [-0.4, -0.2) is 37.2 Å². The molecule has 6 nitrogen and oxygen atoms in total. The van der Waals surface area contributed by atoms with Gasteiger partial charge in [0.25, 0.3) is 0 Å². The molecule has 0 aliphatic rings. The highest BCUT2D eigenvalue weighted by atomic mass is 16.6. The van der Waals surface area contributed by atoms with Crippen molar-refractivity contribution < 1.29 is 28.6 Å². The van der Waals surface area contributed by atoms with E-state index in [0.717, 1.165) is 63.7 Å². The van der Waals surface area contributed by atoms with Crippen molar-refractivity contribution in [2.45, 2.75) is 297 Å². The minimum atomic E-state index is -0.760. The first kappa shape index (κ1) is 56.4. The Morgan fingerprint density at radius 3 is 0.897 bits per heavy atom. The maximum absolute atomic E-state index is 12.8. The molecule has 58 heavy (non-hydrogen) atoms. The summed E-state index contributed by atoms with van der Waals surface area (Å²) in [6, 6.07) is 0. The Morgan fingerprint density at radius 2 is 0.603 bits per heavy atom. The molecule has 0 saturated carbocycles. The number of hydrogen-bond acceptors (Lipinski definition) is 6. The molecule has 0 rings (SSSR count). The van der Waals surface area contributed by atoms with Crippen molar-refractivity contribution in [3.8, 4) is 0 Å². The fourth-order valence-electron chi connectivity index (χ4n) is 7.83. The van der Waals surface area contributed by atoms with E-state index in [1.807, 2.05) is 0 Å². The molecule has 1 unspecified atom stereocenters. The Kier molecular flexibility index (Phi) is 45.2. The number of rotatable bonds is 47. The molecule has 0 saturated heterocycles. The molecule has 6 heteroatoms. The predicted molar refractivity (Wildman–Crippen MR) is 247 cm³/mol. The number of unbranched alkanes of at least 4 members (excludes halogenated alkanes) is 33. The highest BCUT2D eigenvalue weighted by Gasteiger charge is 2.19. The molecule has 0 aliphatic carbocycles. The third kappa shape index (κ3) is 44.0. The zero-order valence-corrected chi connectivity index (χ0v) is 39.5. The van der Waals surface area contributed by atoms with Gasteiger partial charge in [0, 0.05) is 19.3 Å².